The van der Waals surface area contributed by atoms with Crippen LogP contribution in [-0.2, 0) is 13.5 Å². The normalized spacial score (nSPS) is 12.6. The Morgan fingerprint density at radius 3 is 2.77 bits per heavy atom. The van der Waals surface area contributed by atoms with Crippen molar-refractivity contribution in [1.29, 1.82) is 0 Å². The van der Waals surface area contributed by atoms with Gasteiger partial charge in [0.15, 0.2) is 0 Å². The van der Waals surface area contributed by atoms with Crippen molar-refractivity contribution in [3.8, 4) is 0 Å². The molecular formula is C16H25N5O. The lowest BCUT2D eigenvalue weighted by atomic mass is 10.1. The Bertz CT molecular complexity index is 600. The smallest absolute Gasteiger partial charge is 0.269 e. The number of hydrogen-bond acceptors (Lipinski definition) is 3. The Labute approximate surface area is 131 Å². The zero-order chi connectivity index (χ0) is 16.1. The molecule has 0 bridgehead atoms. The number of nitrogens with one attached hydrogen (secondary N) is 1. The maximum Gasteiger partial charge on any atom is 0.269 e. The SMILES string of the molecule is CC(C)Cc1cc(C(=O)NCC[C@H](C)n2ccnc2)n(C)n1. The molecule has 6 heteroatoms. The lowest BCUT2D eigenvalue weighted by Crippen LogP contribution is -2.27. The van der Waals surface area contributed by atoms with Gasteiger partial charge in [0, 0.05) is 32.0 Å². The highest BCUT2D eigenvalue weighted by molar-refractivity contribution is 5.92. The lowest BCUT2D eigenvalue weighted by molar-refractivity contribution is 0.0942. The van der Waals surface area contributed by atoms with Crippen molar-refractivity contribution in [1.82, 2.24) is 24.6 Å². The van der Waals surface area contributed by atoms with E-state index in [-0.39, 0.29) is 5.91 Å². The van der Waals surface area contributed by atoms with Gasteiger partial charge in [0.25, 0.3) is 5.91 Å². The number of hydrogen-bond donors (Lipinski definition) is 1. The van der Waals surface area contributed by atoms with Gasteiger partial charge in [-0.15, -0.1) is 0 Å². The van der Waals surface area contributed by atoms with Crippen LogP contribution >= 0.6 is 0 Å². The Kier molecular flexibility index (Phi) is 5.35. The summed E-state index contributed by atoms with van der Waals surface area (Å²) in [5.41, 5.74) is 1.58. The van der Waals surface area contributed by atoms with Gasteiger partial charge in [-0.1, -0.05) is 13.8 Å². The summed E-state index contributed by atoms with van der Waals surface area (Å²) in [5.74, 6) is 0.463. The van der Waals surface area contributed by atoms with Crippen LogP contribution in [0.15, 0.2) is 24.8 Å². The van der Waals surface area contributed by atoms with Gasteiger partial charge >= 0.3 is 0 Å². The van der Waals surface area contributed by atoms with Crippen molar-refractivity contribution in [3.63, 3.8) is 0 Å². The van der Waals surface area contributed by atoms with E-state index in [2.05, 4.69) is 36.2 Å². The van der Waals surface area contributed by atoms with Crippen molar-refractivity contribution in [2.24, 2.45) is 13.0 Å². The van der Waals surface area contributed by atoms with E-state index in [0.29, 0.717) is 24.2 Å². The second-order valence-corrected chi connectivity index (χ2v) is 6.15. The van der Waals surface area contributed by atoms with Crippen molar-refractivity contribution in [3.05, 3.63) is 36.2 Å². The van der Waals surface area contributed by atoms with E-state index in [0.717, 1.165) is 18.5 Å². The molecule has 6 nitrogen and oxygen atoms in total. The minimum Gasteiger partial charge on any atom is -0.351 e. The number of rotatable bonds is 7. The molecule has 2 aromatic rings. The van der Waals surface area contributed by atoms with Gasteiger partial charge in [-0.3, -0.25) is 9.48 Å². The third kappa shape index (κ3) is 4.19. The van der Waals surface area contributed by atoms with Gasteiger partial charge in [0.2, 0.25) is 0 Å². The van der Waals surface area contributed by atoms with Crippen LogP contribution in [0.25, 0.3) is 0 Å². The Hall–Kier alpha value is -2.11. The average Bonchev–Trinajstić information content (AvgIpc) is 3.07. The number of carbonyl (C=O) groups is 1. The molecule has 2 heterocycles. The van der Waals surface area contributed by atoms with E-state index in [1.165, 1.54) is 0 Å². The molecule has 0 unspecified atom stereocenters. The molecule has 0 saturated heterocycles. The number of carbonyl (C=O) groups excluding carboxylic acids is 1. The predicted molar refractivity (Wildman–Crippen MR) is 85.6 cm³/mol. The first kappa shape index (κ1) is 16.3. The maximum atomic E-state index is 12.2. The topological polar surface area (TPSA) is 64.7 Å². The molecule has 120 valence electrons. The van der Waals surface area contributed by atoms with E-state index in [1.54, 1.807) is 17.2 Å². The molecule has 1 N–H and O–H groups in total. The fraction of sp³-hybridized carbons (Fsp3) is 0.562. The number of aryl methyl sites for hydroxylation is 1. The van der Waals surface area contributed by atoms with Gasteiger partial charge in [0.1, 0.15) is 5.69 Å². The lowest BCUT2D eigenvalue weighted by Gasteiger charge is -2.13. The Morgan fingerprint density at radius 2 is 2.14 bits per heavy atom. The predicted octanol–water partition coefficient (Wildman–Crippen LogP) is 2.20. The molecule has 0 aliphatic rings. The summed E-state index contributed by atoms with van der Waals surface area (Å²) in [6.07, 6.45) is 7.25. The van der Waals surface area contributed by atoms with Crippen molar-refractivity contribution in [2.45, 2.75) is 39.7 Å². The monoisotopic (exact) mass is 303 g/mol. The van der Waals surface area contributed by atoms with E-state index in [1.807, 2.05) is 23.9 Å². The molecule has 0 aliphatic carbocycles. The molecule has 2 rings (SSSR count). The van der Waals surface area contributed by atoms with Crippen LogP contribution in [0, 0.1) is 5.92 Å². The molecule has 0 aliphatic heterocycles. The molecule has 0 aromatic carbocycles. The third-order valence-corrected chi connectivity index (χ3v) is 3.66. The highest BCUT2D eigenvalue weighted by Crippen LogP contribution is 2.10. The van der Waals surface area contributed by atoms with Gasteiger partial charge in [0.05, 0.1) is 12.0 Å². The molecule has 22 heavy (non-hydrogen) atoms. The molecule has 0 spiro atoms. The molecular weight excluding hydrogens is 278 g/mol. The Balaban J connectivity index is 1.86. The van der Waals surface area contributed by atoms with Crippen molar-refractivity contribution >= 4 is 5.91 Å². The largest absolute Gasteiger partial charge is 0.351 e. The maximum absolute atomic E-state index is 12.2. The molecule has 0 fully saturated rings. The van der Waals surface area contributed by atoms with Crippen LogP contribution in [-0.4, -0.2) is 31.8 Å². The van der Waals surface area contributed by atoms with E-state index >= 15 is 0 Å². The highest BCUT2D eigenvalue weighted by atomic mass is 16.2. The number of aromatic nitrogens is 4. The quantitative estimate of drug-likeness (QED) is 0.853. The van der Waals surface area contributed by atoms with E-state index in [9.17, 15) is 4.79 Å². The summed E-state index contributed by atoms with van der Waals surface area (Å²) in [6, 6.07) is 2.19. The van der Waals surface area contributed by atoms with Crippen LogP contribution in [0.2, 0.25) is 0 Å². The van der Waals surface area contributed by atoms with Crippen LogP contribution < -0.4 is 5.32 Å². The van der Waals surface area contributed by atoms with E-state index in [4.69, 9.17) is 0 Å². The summed E-state index contributed by atoms with van der Waals surface area (Å²) >= 11 is 0. The third-order valence-electron chi connectivity index (χ3n) is 3.66. The van der Waals surface area contributed by atoms with E-state index < -0.39 is 0 Å². The van der Waals surface area contributed by atoms with Crippen LogP contribution in [0.4, 0.5) is 0 Å². The Morgan fingerprint density at radius 1 is 1.36 bits per heavy atom. The van der Waals surface area contributed by atoms with Crippen LogP contribution in [0.1, 0.15) is 49.4 Å². The average molecular weight is 303 g/mol. The van der Waals surface area contributed by atoms with Gasteiger partial charge in [-0.2, -0.15) is 5.10 Å². The fourth-order valence-corrected chi connectivity index (χ4v) is 2.42. The minimum atomic E-state index is -0.0668. The summed E-state index contributed by atoms with van der Waals surface area (Å²) in [6.45, 7) is 7.03. The second kappa shape index (κ2) is 7.24. The fourth-order valence-electron chi connectivity index (χ4n) is 2.42. The first-order chi connectivity index (χ1) is 10.5. The first-order valence-corrected chi connectivity index (χ1v) is 7.76. The molecule has 0 saturated carbocycles. The standard InChI is InChI=1S/C16H25N5O/c1-12(2)9-14-10-15(20(4)19-14)16(22)18-6-5-13(3)21-8-7-17-11-21/h7-8,10-13H,5-6,9H2,1-4H3,(H,18,22)/t13-/m0/s1. The zero-order valence-electron chi connectivity index (χ0n) is 13.8. The van der Waals surface area contributed by atoms with Crippen molar-refractivity contribution < 1.29 is 4.79 Å². The summed E-state index contributed by atoms with van der Waals surface area (Å²) in [7, 11) is 1.81. The first-order valence-electron chi connectivity index (χ1n) is 7.76. The minimum absolute atomic E-state index is 0.0668. The number of amides is 1. The second-order valence-electron chi connectivity index (χ2n) is 6.15. The van der Waals surface area contributed by atoms with Crippen molar-refractivity contribution in [2.75, 3.05) is 6.54 Å². The van der Waals surface area contributed by atoms with Gasteiger partial charge in [-0.05, 0) is 31.7 Å². The molecule has 1 amide bonds. The molecule has 1 atom stereocenters. The van der Waals surface area contributed by atoms with Gasteiger partial charge < -0.3 is 9.88 Å². The summed E-state index contributed by atoms with van der Waals surface area (Å²) in [4.78, 5) is 16.3. The molecule has 0 radical (unpaired) electrons. The van der Waals surface area contributed by atoms with Gasteiger partial charge in [-0.25, -0.2) is 4.98 Å². The number of imidazole rings is 1. The summed E-state index contributed by atoms with van der Waals surface area (Å²) < 4.78 is 3.70. The molecule has 2 aromatic heterocycles. The number of nitrogens with zero attached hydrogens (tertiary/aromatic N) is 4. The van der Waals surface area contributed by atoms with Crippen LogP contribution in [0.5, 0.6) is 0 Å². The zero-order valence-corrected chi connectivity index (χ0v) is 13.8. The van der Waals surface area contributed by atoms with Crippen LogP contribution in [0.3, 0.4) is 0 Å². The summed E-state index contributed by atoms with van der Waals surface area (Å²) in [5, 5.41) is 7.36. The highest BCUT2D eigenvalue weighted by Gasteiger charge is 2.14.